The summed E-state index contributed by atoms with van der Waals surface area (Å²) in [6.45, 7) is 6.95. The van der Waals surface area contributed by atoms with Gasteiger partial charge in [0.15, 0.2) is 0 Å². The Kier molecular flexibility index (Phi) is 5.01. The first-order chi connectivity index (χ1) is 9.98. The molecule has 1 aliphatic rings. The van der Waals surface area contributed by atoms with E-state index in [0.717, 1.165) is 25.1 Å². The molecule has 1 aliphatic heterocycles. The molecule has 116 valence electrons. The van der Waals surface area contributed by atoms with E-state index in [0.29, 0.717) is 13.2 Å². The quantitative estimate of drug-likeness (QED) is 0.875. The first-order valence-electron chi connectivity index (χ1n) is 7.50. The average Bonchev–Trinajstić information content (AvgIpc) is 2.87. The number of hydrogen-bond acceptors (Lipinski definition) is 3. The number of rotatable bonds is 6. The zero-order chi connectivity index (χ0) is 15.5. The number of carboxylic acids is 1. The van der Waals surface area contributed by atoms with Crippen LogP contribution in [0.5, 0.6) is 0 Å². The molecule has 1 N–H and O–H groups in total. The molecule has 4 heteroatoms. The highest BCUT2D eigenvalue weighted by Crippen LogP contribution is 2.38. The maximum absolute atomic E-state index is 11.6. The Morgan fingerprint density at radius 1 is 1.33 bits per heavy atom. The Labute approximate surface area is 126 Å². The van der Waals surface area contributed by atoms with Crippen LogP contribution in [0.1, 0.15) is 31.4 Å². The van der Waals surface area contributed by atoms with Gasteiger partial charge in [-0.25, -0.2) is 0 Å². The summed E-state index contributed by atoms with van der Waals surface area (Å²) >= 11 is 0. The minimum atomic E-state index is -0.657. The second-order valence-corrected chi connectivity index (χ2v) is 6.33. The van der Waals surface area contributed by atoms with Gasteiger partial charge < -0.3 is 9.84 Å². The molecule has 2 rings (SSSR count). The number of likely N-dealkylation sites (tertiary alicyclic amines) is 1. The van der Waals surface area contributed by atoms with Crippen molar-refractivity contribution in [2.24, 2.45) is 11.3 Å². The molecule has 0 spiro atoms. The molecule has 4 nitrogen and oxygen atoms in total. The van der Waals surface area contributed by atoms with E-state index in [9.17, 15) is 9.90 Å². The number of aliphatic carboxylic acids is 1. The highest BCUT2D eigenvalue weighted by Gasteiger charge is 2.46. The van der Waals surface area contributed by atoms with Crippen molar-refractivity contribution in [3.63, 3.8) is 0 Å². The predicted molar refractivity (Wildman–Crippen MR) is 82.0 cm³/mol. The van der Waals surface area contributed by atoms with Crippen molar-refractivity contribution in [1.82, 2.24) is 4.90 Å². The molecule has 0 radical (unpaired) electrons. The van der Waals surface area contributed by atoms with Crippen LogP contribution in [0, 0.1) is 11.3 Å². The lowest BCUT2D eigenvalue weighted by Crippen LogP contribution is -2.39. The van der Waals surface area contributed by atoms with Crippen molar-refractivity contribution in [2.75, 3.05) is 20.2 Å². The molecular formula is C17H25NO3. The lowest BCUT2D eigenvalue weighted by atomic mass is 9.76. The van der Waals surface area contributed by atoms with Gasteiger partial charge in [-0.1, -0.05) is 38.1 Å². The van der Waals surface area contributed by atoms with Gasteiger partial charge >= 0.3 is 5.97 Å². The number of hydrogen-bond donors (Lipinski definition) is 1. The molecule has 1 aromatic carbocycles. The lowest BCUT2D eigenvalue weighted by Gasteiger charge is -2.28. The van der Waals surface area contributed by atoms with Crippen molar-refractivity contribution in [2.45, 2.75) is 33.4 Å². The first-order valence-corrected chi connectivity index (χ1v) is 7.50. The number of methoxy groups -OCH3 is 1. The molecular weight excluding hydrogens is 266 g/mol. The van der Waals surface area contributed by atoms with Gasteiger partial charge in [0, 0.05) is 20.2 Å². The van der Waals surface area contributed by atoms with Crippen LogP contribution in [0.2, 0.25) is 0 Å². The molecule has 1 saturated heterocycles. The van der Waals surface area contributed by atoms with Crippen LogP contribution < -0.4 is 0 Å². The standard InChI is InChI=1S/C17H25NO3/c1-13(2)17(16(19)20)8-9-18(12-17)10-14-4-6-15(7-5-14)11-21-3/h4-7,13H,8-12H2,1-3H3,(H,19,20). The van der Waals surface area contributed by atoms with Crippen LogP contribution in [0.3, 0.4) is 0 Å². The Balaban J connectivity index is 2.00. The summed E-state index contributed by atoms with van der Waals surface area (Å²) in [6.07, 6.45) is 0.738. The van der Waals surface area contributed by atoms with Crippen LogP contribution in [0.25, 0.3) is 0 Å². The van der Waals surface area contributed by atoms with Crippen LogP contribution in [-0.4, -0.2) is 36.2 Å². The second-order valence-electron chi connectivity index (χ2n) is 6.33. The van der Waals surface area contributed by atoms with E-state index in [2.05, 4.69) is 29.2 Å². The number of carbonyl (C=O) groups is 1. The van der Waals surface area contributed by atoms with Gasteiger partial charge in [-0.15, -0.1) is 0 Å². The zero-order valence-corrected chi connectivity index (χ0v) is 13.1. The Morgan fingerprint density at radius 3 is 2.43 bits per heavy atom. The summed E-state index contributed by atoms with van der Waals surface area (Å²) in [6, 6.07) is 8.35. The molecule has 0 saturated carbocycles. The van der Waals surface area contributed by atoms with E-state index >= 15 is 0 Å². The maximum atomic E-state index is 11.6. The normalized spacial score (nSPS) is 22.9. The Hall–Kier alpha value is -1.39. The summed E-state index contributed by atoms with van der Waals surface area (Å²) in [7, 11) is 1.69. The smallest absolute Gasteiger partial charge is 0.311 e. The predicted octanol–water partition coefficient (Wildman–Crippen LogP) is 2.77. The fourth-order valence-electron chi connectivity index (χ4n) is 3.11. The third kappa shape index (κ3) is 3.44. The van der Waals surface area contributed by atoms with Gasteiger partial charge in [0.25, 0.3) is 0 Å². The molecule has 0 aromatic heterocycles. The maximum Gasteiger partial charge on any atom is 0.311 e. The zero-order valence-electron chi connectivity index (χ0n) is 13.1. The third-order valence-corrected chi connectivity index (χ3v) is 4.65. The van der Waals surface area contributed by atoms with E-state index in [1.165, 1.54) is 5.56 Å². The molecule has 1 atom stereocenters. The van der Waals surface area contributed by atoms with E-state index in [-0.39, 0.29) is 5.92 Å². The fourth-order valence-corrected chi connectivity index (χ4v) is 3.11. The van der Waals surface area contributed by atoms with E-state index in [4.69, 9.17) is 4.74 Å². The van der Waals surface area contributed by atoms with Crippen LogP contribution >= 0.6 is 0 Å². The molecule has 1 heterocycles. The molecule has 0 aliphatic carbocycles. The highest BCUT2D eigenvalue weighted by molar-refractivity contribution is 5.75. The number of ether oxygens (including phenoxy) is 1. The SMILES string of the molecule is COCc1ccc(CN2CCC(C(=O)O)(C(C)C)C2)cc1. The molecule has 21 heavy (non-hydrogen) atoms. The summed E-state index contributed by atoms with van der Waals surface area (Å²) in [5.41, 5.74) is 1.79. The summed E-state index contributed by atoms with van der Waals surface area (Å²) < 4.78 is 5.11. The minimum absolute atomic E-state index is 0.157. The van der Waals surface area contributed by atoms with Crippen LogP contribution in [-0.2, 0) is 22.7 Å². The second kappa shape index (κ2) is 6.58. The molecule has 1 unspecified atom stereocenters. The number of benzene rings is 1. The van der Waals surface area contributed by atoms with Crippen LogP contribution in [0.15, 0.2) is 24.3 Å². The average molecular weight is 291 g/mol. The summed E-state index contributed by atoms with van der Waals surface area (Å²) in [5.74, 6) is -0.500. The Bertz CT molecular complexity index is 483. The van der Waals surface area contributed by atoms with Gasteiger partial charge in [-0.05, 0) is 30.0 Å². The number of carboxylic acid groups (broad SMARTS) is 1. The molecule has 1 aromatic rings. The topological polar surface area (TPSA) is 49.8 Å². The van der Waals surface area contributed by atoms with Gasteiger partial charge in [0.2, 0.25) is 0 Å². The van der Waals surface area contributed by atoms with Gasteiger partial charge in [-0.3, -0.25) is 9.69 Å². The molecule has 0 amide bonds. The van der Waals surface area contributed by atoms with E-state index < -0.39 is 11.4 Å². The lowest BCUT2D eigenvalue weighted by molar-refractivity contribution is -0.151. The van der Waals surface area contributed by atoms with Crippen molar-refractivity contribution >= 4 is 5.97 Å². The van der Waals surface area contributed by atoms with Crippen LogP contribution in [0.4, 0.5) is 0 Å². The number of nitrogens with zero attached hydrogens (tertiary/aromatic N) is 1. The Morgan fingerprint density at radius 2 is 1.95 bits per heavy atom. The largest absolute Gasteiger partial charge is 0.481 e. The highest BCUT2D eigenvalue weighted by atomic mass is 16.5. The first kappa shape index (κ1) is 16.0. The van der Waals surface area contributed by atoms with Crippen molar-refractivity contribution in [3.8, 4) is 0 Å². The van der Waals surface area contributed by atoms with Crippen molar-refractivity contribution in [3.05, 3.63) is 35.4 Å². The molecule has 0 bridgehead atoms. The minimum Gasteiger partial charge on any atom is -0.481 e. The van der Waals surface area contributed by atoms with Crippen molar-refractivity contribution in [1.29, 1.82) is 0 Å². The summed E-state index contributed by atoms with van der Waals surface area (Å²) in [5, 5.41) is 9.57. The monoisotopic (exact) mass is 291 g/mol. The third-order valence-electron chi connectivity index (χ3n) is 4.65. The van der Waals surface area contributed by atoms with Gasteiger partial charge in [0.1, 0.15) is 0 Å². The fraction of sp³-hybridized carbons (Fsp3) is 0.588. The molecule has 1 fully saturated rings. The van der Waals surface area contributed by atoms with E-state index in [1.807, 2.05) is 13.8 Å². The summed E-state index contributed by atoms with van der Waals surface area (Å²) in [4.78, 5) is 13.9. The van der Waals surface area contributed by atoms with Gasteiger partial charge in [-0.2, -0.15) is 0 Å². The van der Waals surface area contributed by atoms with Crippen molar-refractivity contribution < 1.29 is 14.6 Å². The van der Waals surface area contributed by atoms with E-state index in [1.54, 1.807) is 7.11 Å². The van der Waals surface area contributed by atoms with Gasteiger partial charge in [0.05, 0.1) is 12.0 Å².